The van der Waals surface area contributed by atoms with Crippen LogP contribution in [0.1, 0.15) is 25.1 Å². The molecule has 2 aromatic carbocycles. The van der Waals surface area contributed by atoms with E-state index < -0.39 is 0 Å². The minimum Gasteiger partial charge on any atom is -1.00 e. The molecule has 0 saturated heterocycles. The van der Waals surface area contributed by atoms with Crippen LogP contribution >= 0.6 is 0 Å². The molecule has 1 heterocycles. The summed E-state index contributed by atoms with van der Waals surface area (Å²) >= 11 is 0. The number of hydrogen-bond donors (Lipinski definition) is 0. The van der Waals surface area contributed by atoms with Crippen molar-refractivity contribution in [2.24, 2.45) is 0 Å². The number of ether oxygens (including phenoxy) is 1. The second-order valence-electron chi connectivity index (χ2n) is 6.56. The van der Waals surface area contributed by atoms with Crippen molar-refractivity contribution in [2.45, 2.75) is 26.8 Å². The third-order valence-corrected chi connectivity index (χ3v) is 4.98. The first kappa shape index (κ1) is 21.9. The number of aromatic nitrogens is 2. The molecule has 0 radical (unpaired) electrons. The van der Waals surface area contributed by atoms with Gasteiger partial charge < -0.3 is 26.6 Å². The Kier molecular flexibility index (Phi) is 8.03. The molecule has 3 rings (SSSR count). The Balaban J connectivity index is 0.00000280. The fraction of sp³-hybridized carbons (Fsp3) is 0.364. The van der Waals surface area contributed by atoms with Gasteiger partial charge in [0.2, 0.25) is 0 Å². The van der Waals surface area contributed by atoms with Crippen LogP contribution in [-0.2, 0) is 13.0 Å². The highest BCUT2D eigenvalue weighted by atomic mass is 35.5. The van der Waals surface area contributed by atoms with E-state index in [4.69, 9.17) is 4.74 Å². The first-order valence-corrected chi connectivity index (χ1v) is 9.50. The maximum absolute atomic E-state index is 13.2. The molecule has 3 aromatic rings. The van der Waals surface area contributed by atoms with E-state index in [1.807, 2.05) is 53.1 Å². The SMILES string of the molecule is CCN(CC)CCn1c(=O)c(Cc2ccc(OC)cc2)nc2ccccc21.[Cl-]. The Morgan fingerprint density at radius 2 is 1.71 bits per heavy atom. The molecule has 0 saturated carbocycles. The van der Waals surface area contributed by atoms with Crippen LogP contribution in [0.4, 0.5) is 0 Å². The van der Waals surface area contributed by atoms with E-state index >= 15 is 0 Å². The second-order valence-corrected chi connectivity index (χ2v) is 6.56. The predicted molar refractivity (Wildman–Crippen MR) is 110 cm³/mol. The van der Waals surface area contributed by atoms with Crippen molar-refractivity contribution in [1.82, 2.24) is 14.5 Å². The largest absolute Gasteiger partial charge is 1.00 e. The standard InChI is InChI=1S/C22H27N3O2.ClH/c1-4-24(5-2)14-15-25-21-9-7-6-8-19(21)23-20(22(25)26)16-17-10-12-18(27-3)13-11-17;/h6-13H,4-5,14-16H2,1-3H3;1H/p-1. The molecule has 0 atom stereocenters. The van der Waals surface area contributed by atoms with Gasteiger partial charge in [-0.2, -0.15) is 0 Å². The molecule has 0 N–H and O–H groups in total. The van der Waals surface area contributed by atoms with Crippen LogP contribution in [0, 0.1) is 0 Å². The van der Waals surface area contributed by atoms with E-state index in [1.165, 1.54) is 0 Å². The molecule has 6 heteroatoms. The molecule has 5 nitrogen and oxygen atoms in total. The van der Waals surface area contributed by atoms with Crippen molar-refractivity contribution < 1.29 is 17.1 Å². The summed E-state index contributed by atoms with van der Waals surface area (Å²) in [5.74, 6) is 0.807. The predicted octanol–water partition coefficient (Wildman–Crippen LogP) is 0.342. The third kappa shape index (κ3) is 4.91. The van der Waals surface area contributed by atoms with E-state index in [2.05, 4.69) is 23.7 Å². The summed E-state index contributed by atoms with van der Waals surface area (Å²) in [6.07, 6.45) is 0.513. The van der Waals surface area contributed by atoms with E-state index in [9.17, 15) is 4.79 Å². The number of nitrogens with zero attached hydrogens (tertiary/aromatic N) is 3. The summed E-state index contributed by atoms with van der Waals surface area (Å²) in [6.45, 7) is 7.76. The van der Waals surface area contributed by atoms with Crippen molar-refractivity contribution in [2.75, 3.05) is 26.7 Å². The number of rotatable bonds is 8. The van der Waals surface area contributed by atoms with Gasteiger partial charge in [-0.25, -0.2) is 4.98 Å². The van der Waals surface area contributed by atoms with Crippen molar-refractivity contribution in [1.29, 1.82) is 0 Å². The topological polar surface area (TPSA) is 47.4 Å². The second kappa shape index (κ2) is 10.2. The fourth-order valence-corrected chi connectivity index (χ4v) is 3.30. The molecule has 0 amide bonds. The zero-order valence-corrected chi connectivity index (χ0v) is 17.4. The lowest BCUT2D eigenvalue weighted by molar-refractivity contribution is -0.00000607. The highest BCUT2D eigenvalue weighted by Gasteiger charge is 2.12. The lowest BCUT2D eigenvalue weighted by atomic mass is 10.1. The molecule has 0 spiro atoms. The average Bonchev–Trinajstić information content (AvgIpc) is 2.71. The number of halogens is 1. The van der Waals surface area contributed by atoms with Crippen LogP contribution < -0.4 is 22.7 Å². The number of hydrogen-bond acceptors (Lipinski definition) is 4. The highest BCUT2D eigenvalue weighted by molar-refractivity contribution is 5.74. The molecule has 1 aromatic heterocycles. The van der Waals surface area contributed by atoms with Gasteiger partial charge in [0.1, 0.15) is 11.4 Å². The number of para-hydroxylation sites is 2. The first-order chi connectivity index (χ1) is 13.2. The Labute approximate surface area is 172 Å². The molecule has 0 aliphatic heterocycles. The molecule has 0 fully saturated rings. The fourth-order valence-electron chi connectivity index (χ4n) is 3.30. The van der Waals surface area contributed by atoms with Gasteiger partial charge in [-0.15, -0.1) is 0 Å². The maximum Gasteiger partial charge on any atom is 0.273 e. The van der Waals surface area contributed by atoms with Gasteiger partial charge in [0.15, 0.2) is 0 Å². The summed E-state index contributed by atoms with van der Waals surface area (Å²) in [5, 5.41) is 0. The van der Waals surface area contributed by atoms with Crippen LogP contribution in [0.25, 0.3) is 11.0 Å². The quantitative estimate of drug-likeness (QED) is 0.547. The molecule has 0 aliphatic rings. The van der Waals surface area contributed by atoms with Gasteiger partial charge in [0.25, 0.3) is 5.56 Å². The summed E-state index contributed by atoms with van der Waals surface area (Å²) in [6, 6.07) is 15.7. The lowest BCUT2D eigenvalue weighted by Gasteiger charge is -2.20. The number of fused-ring (bicyclic) bond motifs is 1. The van der Waals surface area contributed by atoms with E-state index in [0.29, 0.717) is 18.7 Å². The summed E-state index contributed by atoms with van der Waals surface area (Å²) in [5.41, 5.74) is 3.38. The summed E-state index contributed by atoms with van der Waals surface area (Å²) in [4.78, 5) is 20.1. The Morgan fingerprint density at radius 1 is 1.04 bits per heavy atom. The van der Waals surface area contributed by atoms with Gasteiger partial charge in [-0.05, 0) is 42.9 Å². The molecule has 0 aliphatic carbocycles. The molecule has 28 heavy (non-hydrogen) atoms. The van der Waals surface area contributed by atoms with Crippen LogP contribution in [0.5, 0.6) is 5.75 Å². The molecular formula is C22H27ClN3O2-. The smallest absolute Gasteiger partial charge is 0.273 e. The summed E-state index contributed by atoms with van der Waals surface area (Å²) < 4.78 is 7.08. The minimum atomic E-state index is -0.00308. The van der Waals surface area contributed by atoms with E-state index in [-0.39, 0.29) is 18.0 Å². The van der Waals surface area contributed by atoms with Crippen LogP contribution in [0.15, 0.2) is 53.3 Å². The zero-order valence-electron chi connectivity index (χ0n) is 16.7. The number of benzene rings is 2. The van der Waals surface area contributed by atoms with Gasteiger partial charge in [-0.1, -0.05) is 38.1 Å². The maximum atomic E-state index is 13.2. The first-order valence-electron chi connectivity index (χ1n) is 9.50. The van der Waals surface area contributed by atoms with Gasteiger partial charge in [-0.3, -0.25) is 4.79 Å². The summed E-state index contributed by atoms with van der Waals surface area (Å²) in [7, 11) is 1.65. The Morgan fingerprint density at radius 3 is 2.36 bits per heavy atom. The molecule has 150 valence electrons. The third-order valence-electron chi connectivity index (χ3n) is 4.98. The van der Waals surface area contributed by atoms with Gasteiger partial charge >= 0.3 is 0 Å². The molecular weight excluding hydrogens is 374 g/mol. The Hall–Kier alpha value is -2.37. The van der Waals surface area contributed by atoms with E-state index in [0.717, 1.165) is 42.0 Å². The van der Waals surface area contributed by atoms with Crippen LogP contribution in [-0.4, -0.2) is 41.2 Å². The van der Waals surface area contributed by atoms with Crippen LogP contribution in [0.2, 0.25) is 0 Å². The highest BCUT2D eigenvalue weighted by Crippen LogP contribution is 2.15. The van der Waals surface area contributed by atoms with Crippen molar-refractivity contribution in [3.8, 4) is 5.75 Å². The van der Waals surface area contributed by atoms with Crippen molar-refractivity contribution in [3.63, 3.8) is 0 Å². The van der Waals surface area contributed by atoms with Gasteiger partial charge in [0.05, 0.1) is 18.1 Å². The van der Waals surface area contributed by atoms with E-state index in [1.54, 1.807) is 7.11 Å². The zero-order chi connectivity index (χ0) is 19.2. The van der Waals surface area contributed by atoms with Crippen molar-refractivity contribution >= 4 is 11.0 Å². The molecule has 0 unspecified atom stereocenters. The lowest BCUT2D eigenvalue weighted by Crippen LogP contribution is -3.00. The number of likely N-dealkylation sites (N-methyl/N-ethyl adjacent to an activating group) is 1. The number of methoxy groups -OCH3 is 1. The van der Waals surface area contributed by atoms with Crippen LogP contribution in [0.3, 0.4) is 0 Å². The van der Waals surface area contributed by atoms with Gasteiger partial charge in [0, 0.05) is 19.5 Å². The average molecular weight is 401 g/mol. The van der Waals surface area contributed by atoms with Crippen molar-refractivity contribution in [3.05, 3.63) is 70.1 Å². The monoisotopic (exact) mass is 400 g/mol. The normalized spacial score (nSPS) is 10.9. The minimum absolute atomic E-state index is 0. The Bertz CT molecular complexity index is 950. The molecule has 0 bridgehead atoms.